The summed E-state index contributed by atoms with van der Waals surface area (Å²) in [5.41, 5.74) is 0.828. The van der Waals surface area contributed by atoms with E-state index in [-0.39, 0.29) is 0 Å². The van der Waals surface area contributed by atoms with Gasteiger partial charge in [-0.3, -0.25) is 4.90 Å². The Kier molecular flexibility index (Phi) is 8.45. The highest BCUT2D eigenvalue weighted by atomic mass is 35.5. The minimum Gasteiger partial charge on any atom is -0.380 e. The van der Waals surface area contributed by atoms with Crippen LogP contribution in [0.15, 0.2) is 0 Å². The average Bonchev–Trinajstić information content (AvgIpc) is 2.75. The van der Waals surface area contributed by atoms with E-state index in [4.69, 9.17) is 21.1 Å². The van der Waals surface area contributed by atoms with Gasteiger partial charge in [0.2, 0.25) is 0 Å². The Morgan fingerprint density at radius 3 is 2.22 bits per heavy atom. The molecule has 0 atom stereocenters. The van der Waals surface area contributed by atoms with Crippen molar-refractivity contribution in [1.29, 1.82) is 0 Å². The highest BCUT2D eigenvalue weighted by Gasteiger charge is 2.11. The van der Waals surface area contributed by atoms with Gasteiger partial charge in [-0.05, 0) is 13.8 Å². The van der Waals surface area contributed by atoms with Crippen molar-refractivity contribution in [1.82, 2.24) is 14.5 Å². The molecule has 0 unspecified atom stereocenters. The molecule has 1 aromatic heterocycles. The van der Waals surface area contributed by atoms with E-state index in [2.05, 4.69) is 14.5 Å². The third-order valence-electron chi connectivity index (χ3n) is 2.39. The minimum absolute atomic E-state index is 0.660. The summed E-state index contributed by atoms with van der Waals surface area (Å²) in [6, 6.07) is 0. The molecule has 0 aliphatic carbocycles. The minimum atomic E-state index is 0.660. The highest BCUT2D eigenvalue weighted by Crippen LogP contribution is 2.18. The van der Waals surface area contributed by atoms with E-state index < -0.39 is 0 Å². The molecule has 0 aromatic carbocycles. The molecule has 1 rings (SSSR count). The summed E-state index contributed by atoms with van der Waals surface area (Å²) >= 11 is 7.23. The quantitative estimate of drug-likeness (QED) is 0.618. The van der Waals surface area contributed by atoms with Crippen molar-refractivity contribution in [3.63, 3.8) is 0 Å². The van der Waals surface area contributed by atoms with Crippen molar-refractivity contribution in [2.75, 3.05) is 39.5 Å². The Hall–Kier alpha value is -0.270. The van der Waals surface area contributed by atoms with E-state index in [9.17, 15) is 0 Å². The van der Waals surface area contributed by atoms with Gasteiger partial charge in [-0.25, -0.2) is 0 Å². The van der Waals surface area contributed by atoms with E-state index in [0.717, 1.165) is 32.0 Å². The number of hydrogen-bond acceptors (Lipinski definition) is 6. The van der Waals surface area contributed by atoms with Crippen LogP contribution >= 0.6 is 23.1 Å². The average molecular weight is 294 g/mol. The Morgan fingerprint density at radius 2 is 1.78 bits per heavy atom. The van der Waals surface area contributed by atoms with Gasteiger partial charge in [0.25, 0.3) is 0 Å². The summed E-state index contributed by atoms with van der Waals surface area (Å²) in [6.07, 6.45) is 0. The van der Waals surface area contributed by atoms with Crippen LogP contribution in [0.2, 0.25) is 4.34 Å². The van der Waals surface area contributed by atoms with Crippen molar-refractivity contribution < 1.29 is 9.47 Å². The second-order valence-electron chi connectivity index (χ2n) is 3.66. The van der Waals surface area contributed by atoms with Crippen molar-refractivity contribution in [2.24, 2.45) is 0 Å². The SMILES string of the molecule is CCOCCN(CCOCC)Cc1nnsc1Cl. The molecule has 5 nitrogen and oxygen atoms in total. The molecule has 0 radical (unpaired) electrons. The maximum Gasteiger partial charge on any atom is 0.138 e. The van der Waals surface area contributed by atoms with Crippen LogP contribution in [0.25, 0.3) is 0 Å². The normalized spacial score (nSPS) is 11.3. The first-order valence-electron chi connectivity index (χ1n) is 6.12. The van der Waals surface area contributed by atoms with Gasteiger partial charge in [-0.15, -0.1) is 5.10 Å². The van der Waals surface area contributed by atoms with Crippen molar-refractivity contribution in [3.8, 4) is 0 Å². The zero-order chi connectivity index (χ0) is 13.2. The first-order valence-corrected chi connectivity index (χ1v) is 7.27. The number of rotatable bonds is 10. The molecular formula is C11H20ClN3O2S. The Morgan fingerprint density at radius 1 is 1.17 bits per heavy atom. The van der Waals surface area contributed by atoms with E-state index in [0.29, 0.717) is 24.1 Å². The molecule has 0 aliphatic rings. The maximum atomic E-state index is 6.01. The molecule has 0 bridgehead atoms. The standard InChI is InChI=1S/C11H20ClN3O2S/c1-3-16-7-5-15(6-8-17-4-2)9-10-11(12)18-14-13-10/h3-9H2,1-2H3. The lowest BCUT2D eigenvalue weighted by atomic mass is 10.4. The number of ether oxygens (including phenoxy) is 2. The number of nitrogens with zero attached hydrogens (tertiary/aromatic N) is 3. The monoisotopic (exact) mass is 293 g/mol. The summed E-state index contributed by atoms with van der Waals surface area (Å²) in [7, 11) is 0. The third-order valence-corrected chi connectivity index (χ3v) is 3.38. The summed E-state index contributed by atoms with van der Waals surface area (Å²) < 4.78 is 15.2. The first-order chi connectivity index (χ1) is 8.77. The van der Waals surface area contributed by atoms with E-state index in [1.807, 2.05) is 13.8 Å². The van der Waals surface area contributed by atoms with E-state index in [1.165, 1.54) is 11.5 Å². The first kappa shape index (κ1) is 15.8. The van der Waals surface area contributed by atoms with E-state index >= 15 is 0 Å². The van der Waals surface area contributed by atoms with Crippen LogP contribution in [0.1, 0.15) is 19.5 Å². The molecule has 0 saturated heterocycles. The van der Waals surface area contributed by atoms with Gasteiger partial charge >= 0.3 is 0 Å². The van der Waals surface area contributed by atoms with Gasteiger partial charge < -0.3 is 9.47 Å². The fourth-order valence-electron chi connectivity index (χ4n) is 1.45. The van der Waals surface area contributed by atoms with Crippen molar-refractivity contribution >= 4 is 23.1 Å². The summed E-state index contributed by atoms with van der Waals surface area (Å²) in [6.45, 7) is 9.24. The molecule has 0 fully saturated rings. The van der Waals surface area contributed by atoms with Gasteiger partial charge in [0.15, 0.2) is 0 Å². The predicted molar refractivity (Wildman–Crippen MR) is 73.2 cm³/mol. The topological polar surface area (TPSA) is 47.5 Å². The van der Waals surface area contributed by atoms with Crippen LogP contribution < -0.4 is 0 Å². The largest absolute Gasteiger partial charge is 0.380 e. The molecule has 0 amide bonds. The highest BCUT2D eigenvalue weighted by molar-refractivity contribution is 7.10. The van der Waals surface area contributed by atoms with E-state index in [1.54, 1.807) is 0 Å². The summed E-state index contributed by atoms with van der Waals surface area (Å²) in [5.74, 6) is 0. The second-order valence-corrected chi connectivity index (χ2v) is 5.02. The zero-order valence-electron chi connectivity index (χ0n) is 10.9. The molecular weight excluding hydrogens is 274 g/mol. The third kappa shape index (κ3) is 6.06. The lowest BCUT2D eigenvalue weighted by molar-refractivity contribution is 0.0792. The van der Waals surface area contributed by atoms with Crippen molar-refractivity contribution in [3.05, 3.63) is 10.0 Å². The van der Waals surface area contributed by atoms with Crippen LogP contribution in [-0.2, 0) is 16.0 Å². The fourth-order valence-corrected chi connectivity index (χ4v) is 2.06. The Labute approximate surface area is 117 Å². The van der Waals surface area contributed by atoms with Crippen LogP contribution in [0.3, 0.4) is 0 Å². The molecule has 0 aliphatic heterocycles. The van der Waals surface area contributed by atoms with Crippen LogP contribution in [0.5, 0.6) is 0 Å². The number of aromatic nitrogens is 2. The molecule has 104 valence electrons. The van der Waals surface area contributed by atoms with Gasteiger partial charge in [-0.1, -0.05) is 16.1 Å². The van der Waals surface area contributed by atoms with Gasteiger partial charge in [-0.2, -0.15) is 0 Å². The maximum absolute atomic E-state index is 6.01. The van der Waals surface area contributed by atoms with Crippen LogP contribution in [0, 0.1) is 0 Å². The summed E-state index contributed by atoms with van der Waals surface area (Å²) in [5, 5.41) is 4.03. The summed E-state index contributed by atoms with van der Waals surface area (Å²) in [4.78, 5) is 2.22. The van der Waals surface area contributed by atoms with Crippen LogP contribution in [0.4, 0.5) is 0 Å². The predicted octanol–water partition coefficient (Wildman–Crippen LogP) is 2.07. The molecule has 18 heavy (non-hydrogen) atoms. The molecule has 1 aromatic rings. The lowest BCUT2D eigenvalue weighted by Gasteiger charge is -2.20. The number of halogens is 1. The Balaban J connectivity index is 2.40. The van der Waals surface area contributed by atoms with Crippen LogP contribution in [-0.4, -0.2) is 54.0 Å². The van der Waals surface area contributed by atoms with Gasteiger partial charge in [0, 0.05) is 44.4 Å². The van der Waals surface area contributed by atoms with Gasteiger partial charge in [0.1, 0.15) is 10.0 Å². The fraction of sp³-hybridized carbons (Fsp3) is 0.818. The number of hydrogen-bond donors (Lipinski definition) is 0. The molecule has 1 heterocycles. The smallest absolute Gasteiger partial charge is 0.138 e. The molecule has 0 spiro atoms. The second kappa shape index (κ2) is 9.63. The molecule has 0 saturated carbocycles. The molecule has 7 heteroatoms. The van der Waals surface area contributed by atoms with Crippen molar-refractivity contribution in [2.45, 2.75) is 20.4 Å². The zero-order valence-corrected chi connectivity index (χ0v) is 12.5. The lowest BCUT2D eigenvalue weighted by Crippen LogP contribution is -2.31. The molecule has 0 N–H and O–H groups in total. The van der Waals surface area contributed by atoms with Gasteiger partial charge in [0.05, 0.1) is 13.2 Å². The Bertz CT molecular complexity index is 315.